The van der Waals surface area contributed by atoms with Gasteiger partial charge in [0.2, 0.25) is 0 Å². The fraction of sp³-hybridized carbons (Fsp3) is 0.400. The minimum absolute atomic E-state index is 0.0956. The van der Waals surface area contributed by atoms with Crippen molar-refractivity contribution >= 4 is 15.4 Å². The van der Waals surface area contributed by atoms with Crippen molar-refractivity contribution in [3.05, 3.63) is 42.6 Å². The second-order valence-electron chi connectivity index (χ2n) is 4.55. The maximum absolute atomic E-state index is 11.6. The first-order valence-corrected chi connectivity index (χ1v) is 8.37. The fourth-order valence-corrected chi connectivity index (χ4v) is 2.61. The van der Waals surface area contributed by atoms with Crippen LogP contribution in [0, 0.1) is 0 Å². The zero-order valence-electron chi connectivity index (χ0n) is 11.6. The Bertz CT molecular complexity index is 559. The maximum atomic E-state index is 11.6. The Kier molecular flexibility index (Phi) is 5.96. The van der Waals surface area contributed by atoms with Gasteiger partial charge in [-0.25, -0.2) is 13.4 Å². The maximum Gasteiger partial charge on any atom is 0.193 e. The number of rotatable bonds is 7. The van der Waals surface area contributed by atoms with Gasteiger partial charge in [-0.05, 0) is 30.5 Å². The molecule has 0 radical (unpaired) electrons. The molecule has 0 aliphatic heterocycles. The van der Waals surface area contributed by atoms with Crippen LogP contribution in [-0.4, -0.2) is 19.7 Å². The molecule has 1 rings (SSSR count). The molecule has 0 amide bonds. The van der Waals surface area contributed by atoms with Gasteiger partial charge in [-0.1, -0.05) is 38.5 Å². The van der Waals surface area contributed by atoms with Gasteiger partial charge in [-0.15, -0.1) is 0 Å². The average Bonchev–Trinajstić information content (AvgIpc) is 2.37. The lowest BCUT2D eigenvalue weighted by atomic mass is 10.1. The first-order chi connectivity index (χ1) is 8.96. The van der Waals surface area contributed by atoms with E-state index in [1.165, 1.54) is 19.0 Å². The molecule has 1 aromatic rings. The van der Waals surface area contributed by atoms with Crippen molar-refractivity contribution in [1.29, 1.82) is 0 Å². The van der Waals surface area contributed by atoms with Crippen LogP contribution in [0.1, 0.15) is 38.2 Å². The van der Waals surface area contributed by atoms with E-state index in [0.29, 0.717) is 11.1 Å². The summed E-state index contributed by atoms with van der Waals surface area (Å²) in [6.07, 6.45) is 11.1. The molecule has 0 unspecified atom stereocenters. The van der Waals surface area contributed by atoms with Crippen LogP contribution in [0.4, 0.5) is 0 Å². The van der Waals surface area contributed by atoms with Gasteiger partial charge in [0.25, 0.3) is 0 Å². The van der Waals surface area contributed by atoms with Crippen LogP contribution >= 0.6 is 0 Å². The quantitative estimate of drug-likeness (QED) is 0.565. The molecule has 4 heteroatoms. The van der Waals surface area contributed by atoms with Crippen LogP contribution in [0.2, 0.25) is 0 Å². The largest absolute Gasteiger partial charge is 0.244 e. The minimum Gasteiger partial charge on any atom is -0.244 e. The molecule has 0 aliphatic carbocycles. The predicted octanol–water partition coefficient (Wildman–Crippen LogP) is 3.63. The molecule has 0 saturated carbocycles. The van der Waals surface area contributed by atoms with Gasteiger partial charge in [-0.2, -0.15) is 0 Å². The number of unbranched alkanes of at least 4 members (excludes halogenated alkanes) is 3. The monoisotopic (exact) mass is 279 g/mol. The summed E-state index contributed by atoms with van der Waals surface area (Å²) in [5.74, 6) is 0. The van der Waals surface area contributed by atoms with Crippen LogP contribution in [0.15, 0.2) is 42.1 Å². The second kappa shape index (κ2) is 7.24. The number of aromatic nitrogens is 1. The highest BCUT2D eigenvalue weighted by molar-refractivity contribution is 7.90. The Morgan fingerprint density at radius 2 is 2.16 bits per heavy atom. The molecular formula is C15H21NO2S. The summed E-state index contributed by atoms with van der Waals surface area (Å²) in [4.78, 5) is 3.95. The summed E-state index contributed by atoms with van der Waals surface area (Å²) < 4.78 is 23.3. The first-order valence-electron chi connectivity index (χ1n) is 6.47. The lowest BCUT2D eigenvalue weighted by Gasteiger charge is -2.06. The zero-order valence-corrected chi connectivity index (χ0v) is 12.4. The number of hydrogen-bond acceptors (Lipinski definition) is 3. The molecule has 0 fully saturated rings. The highest BCUT2D eigenvalue weighted by atomic mass is 32.2. The third-order valence-electron chi connectivity index (χ3n) is 2.76. The van der Waals surface area contributed by atoms with E-state index >= 15 is 0 Å². The van der Waals surface area contributed by atoms with Crippen molar-refractivity contribution < 1.29 is 8.42 Å². The summed E-state index contributed by atoms with van der Waals surface area (Å²) in [6.45, 7) is 6.09. The van der Waals surface area contributed by atoms with E-state index < -0.39 is 9.84 Å². The predicted molar refractivity (Wildman–Crippen MR) is 79.7 cm³/mol. The van der Waals surface area contributed by atoms with Crippen molar-refractivity contribution in [3.8, 4) is 0 Å². The number of pyridine rings is 1. The van der Waals surface area contributed by atoms with Gasteiger partial charge in [0, 0.05) is 18.0 Å². The minimum atomic E-state index is -3.32. The van der Waals surface area contributed by atoms with Gasteiger partial charge >= 0.3 is 0 Å². The lowest BCUT2D eigenvalue weighted by molar-refractivity contribution is 0.598. The number of allylic oxidation sites excluding steroid dienone is 3. The van der Waals surface area contributed by atoms with E-state index in [2.05, 4.69) is 18.5 Å². The fourth-order valence-electron chi connectivity index (χ4n) is 1.76. The van der Waals surface area contributed by atoms with Crippen molar-refractivity contribution in [2.45, 2.75) is 37.6 Å². The van der Waals surface area contributed by atoms with Crippen molar-refractivity contribution in [2.24, 2.45) is 0 Å². The molecule has 0 atom stereocenters. The number of hydrogen-bond donors (Lipinski definition) is 0. The Hall–Kier alpha value is -1.42. The molecule has 1 aromatic heterocycles. The van der Waals surface area contributed by atoms with Gasteiger partial charge in [0.05, 0.1) is 0 Å². The Morgan fingerprint density at radius 3 is 2.79 bits per heavy atom. The zero-order chi connectivity index (χ0) is 14.3. The Morgan fingerprint density at radius 1 is 1.42 bits per heavy atom. The summed E-state index contributed by atoms with van der Waals surface area (Å²) in [7, 11) is -3.32. The molecule has 0 saturated heterocycles. The van der Waals surface area contributed by atoms with Crippen LogP contribution in [0.25, 0.3) is 5.57 Å². The smallest absolute Gasteiger partial charge is 0.193 e. The molecule has 104 valence electrons. The summed E-state index contributed by atoms with van der Waals surface area (Å²) in [6, 6.07) is 3.46. The average molecular weight is 279 g/mol. The summed E-state index contributed by atoms with van der Waals surface area (Å²) in [5, 5.41) is 0.0956. The van der Waals surface area contributed by atoms with Crippen LogP contribution in [-0.2, 0) is 9.84 Å². The van der Waals surface area contributed by atoms with E-state index in [0.717, 1.165) is 19.1 Å². The van der Waals surface area contributed by atoms with Crippen molar-refractivity contribution in [2.75, 3.05) is 6.26 Å². The Labute approximate surface area is 116 Å². The third-order valence-corrected chi connectivity index (χ3v) is 3.79. The van der Waals surface area contributed by atoms with Crippen molar-refractivity contribution in [3.63, 3.8) is 0 Å². The van der Waals surface area contributed by atoms with Crippen LogP contribution < -0.4 is 0 Å². The molecule has 0 aromatic carbocycles. The van der Waals surface area contributed by atoms with Crippen LogP contribution in [0.3, 0.4) is 0 Å². The molecule has 0 bridgehead atoms. The lowest BCUT2D eigenvalue weighted by Crippen LogP contribution is -2.04. The van der Waals surface area contributed by atoms with E-state index in [1.54, 1.807) is 12.1 Å². The summed E-state index contributed by atoms with van der Waals surface area (Å²) >= 11 is 0. The second-order valence-corrected chi connectivity index (χ2v) is 6.48. The topological polar surface area (TPSA) is 47.0 Å². The number of nitrogens with zero attached hydrogens (tertiary/aromatic N) is 1. The molecule has 3 nitrogen and oxygen atoms in total. The third kappa shape index (κ3) is 4.99. The highest BCUT2D eigenvalue weighted by Crippen LogP contribution is 2.21. The van der Waals surface area contributed by atoms with Crippen LogP contribution in [0.5, 0.6) is 0 Å². The van der Waals surface area contributed by atoms with Crippen molar-refractivity contribution in [1.82, 2.24) is 4.98 Å². The van der Waals surface area contributed by atoms with Gasteiger partial charge in [-0.3, -0.25) is 0 Å². The molecule has 0 spiro atoms. The molecule has 19 heavy (non-hydrogen) atoms. The SMILES string of the molecule is C=C(C=CCCCCC)c1cccnc1S(C)(=O)=O. The standard InChI is InChI=1S/C15H21NO2S/c1-4-5-6-7-8-10-13(2)14-11-9-12-16-15(14)19(3,17)18/h8-12H,2,4-7H2,1,3H3. The summed E-state index contributed by atoms with van der Waals surface area (Å²) in [5.41, 5.74) is 1.27. The highest BCUT2D eigenvalue weighted by Gasteiger charge is 2.14. The number of sulfone groups is 1. The van der Waals surface area contributed by atoms with Gasteiger partial charge < -0.3 is 0 Å². The molecule has 1 heterocycles. The van der Waals surface area contributed by atoms with Gasteiger partial charge in [0.1, 0.15) is 0 Å². The molecule has 0 aliphatic rings. The Balaban J connectivity index is 2.83. The van der Waals surface area contributed by atoms with E-state index in [-0.39, 0.29) is 5.03 Å². The molecular weight excluding hydrogens is 258 g/mol. The normalized spacial score (nSPS) is 11.9. The van der Waals surface area contributed by atoms with E-state index in [9.17, 15) is 8.42 Å². The van der Waals surface area contributed by atoms with E-state index in [4.69, 9.17) is 0 Å². The van der Waals surface area contributed by atoms with E-state index in [1.807, 2.05) is 12.2 Å². The first kappa shape index (κ1) is 15.6. The van der Waals surface area contributed by atoms with Gasteiger partial charge in [0.15, 0.2) is 14.9 Å². The molecule has 0 N–H and O–H groups in total.